The molecule has 0 fully saturated rings. The number of hydrogen-bond acceptors (Lipinski definition) is 5. The molecular weight excluding hydrogens is 292 g/mol. The molecule has 0 saturated carbocycles. The summed E-state index contributed by atoms with van der Waals surface area (Å²) in [6.45, 7) is 1.52. The standard InChI is InChI=1S/C15H11ClN2O3/c1-9-12(14(19)20-2)13(21-15(9,7-17)8-18)10-3-5-11(16)6-4-10/h3-6,13H,1-2H3/t13-/m1/s1. The Hall–Kier alpha value is -2.34. The monoisotopic (exact) mass is 302 g/mol. The Morgan fingerprint density at radius 3 is 2.38 bits per heavy atom. The van der Waals surface area contributed by atoms with Crippen LogP contribution in [0.4, 0.5) is 0 Å². The second-order valence-corrected chi connectivity index (χ2v) is 4.92. The summed E-state index contributed by atoms with van der Waals surface area (Å²) in [4.78, 5) is 12.0. The van der Waals surface area contributed by atoms with Crippen LogP contribution in [-0.4, -0.2) is 18.7 Å². The van der Waals surface area contributed by atoms with E-state index >= 15 is 0 Å². The average molecular weight is 303 g/mol. The topological polar surface area (TPSA) is 83.1 Å². The van der Waals surface area contributed by atoms with Gasteiger partial charge in [0.25, 0.3) is 5.60 Å². The van der Waals surface area contributed by atoms with E-state index in [1.807, 2.05) is 12.1 Å². The molecule has 5 nitrogen and oxygen atoms in total. The van der Waals surface area contributed by atoms with E-state index in [-0.39, 0.29) is 11.1 Å². The van der Waals surface area contributed by atoms with Crippen LogP contribution in [0.5, 0.6) is 0 Å². The van der Waals surface area contributed by atoms with Crippen LogP contribution in [0.3, 0.4) is 0 Å². The molecule has 0 bridgehead atoms. The molecule has 1 aliphatic rings. The molecule has 21 heavy (non-hydrogen) atoms. The van der Waals surface area contributed by atoms with Crippen molar-refractivity contribution in [3.63, 3.8) is 0 Å². The SMILES string of the molecule is COC(=O)C1=C(C)C(C#N)(C#N)O[C@@H]1c1ccc(Cl)cc1. The van der Waals surface area contributed by atoms with Crippen molar-refractivity contribution in [2.75, 3.05) is 7.11 Å². The predicted octanol–water partition coefficient (Wildman–Crippen LogP) is 2.69. The second-order valence-electron chi connectivity index (χ2n) is 4.48. The Bertz CT molecular complexity index is 681. The second kappa shape index (κ2) is 5.57. The normalized spacial score (nSPS) is 19.8. The van der Waals surface area contributed by atoms with Crippen LogP contribution in [0.2, 0.25) is 5.02 Å². The van der Waals surface area contributed by atoms with Gasteiger partial charge in [-0.15, -0.1) is 0 Å². The van der Waals surface area contributed by atoms with Gasteiger partial charge in [0.2, 0.25) is 0 Å². The van der Waals surface area contributed by atoms with E-state index in [0.29, 0.717) is 10.6 Å². The first-order valence-corrected chi connectivity index (χ1v) is 6.42. The molecule has 0 saturated heterocycles. The molecule has 0 amide bonds. The zero-order chi connectivity index (χ0) is 15.6. The minimum absolute atomic E-state index is 0.169. The van der Waals surface area contributed by atoms with Gasteiger partial charge in [-0.3, -0.25) is 0 Å². The van der Waals surface area contributed by atoms with Gasteiger partial charge in [-0.05, 0) is 24.6 Å². The highest BCUT2D eigenvalue weighted by atomic mass is 35.5. The minimum atomic E-state index is -1.78. The number of nitrogens with zero attached hydrogens (tertiary/aromatic N) is 2. The van der Waals surface area contributed by atoms with Crippen LogP contribution >= 0.6 is 11.6 Å². The van der Waals surface area contributed by atoms with Crippen LogP contribution in [0.25, 0.3) is 0 Å². The Labute approximate surface area is 126 Å². The number of halogens is 1. The molecule has 0 N–H and O–H groups in total. The molecule has 0 spiro atoms. The lowest BCUT2D eigenvalue weighted by Gasteiger charge is -2.17. The number of carbonyl (C=O) groups is 1. The van der Waals surface area contributed by atoms with Crippen molar-refractivity contribution in [3.05, 3.63) is 46.0 Å². The number of rotatable bonds is 2. The molecule has 1 aliphatic heterocycles. The maximum atomic E-state index is 12.0. The quantitative estimate of drug-likeness (QED) is 0.784. The van der Waals surface area contributed by atoms with Crippen molar-refractivity contribution in [2.24, 2.45) is 0 Å². The van der Waals surface area contributed by atoms with Crippen LogP contribution in [0.15, 0.2) is 35.4 Å². The zero-order valence-electron chi connectivity index (χ0n) is 11.4. The number of benzene rings is 1. The van der Waals surface area contributed by atoms with E-state index in [0.717, 1.165) is 0 Å². The van der Waals surface area contributed by atoms with Gasteiger partial charge in [0.15, 0.2) is 0 Å². The van der Waals surface area contributed by atoms with Crippen molar-refractivity contribution >= 4 is 17.6 Å². The van der Waals surface area contributed by atoms with Gasteiger partial charge in [0.05, 0.1) is 12.7 Å². The van der Waals surface area contributed by atoms with E-state index in [4.69, 9.17) is 21.1 Å². The third-order valence-corrected chi connectivity index (χ3v) is 3.63. The summed E-state index contributed by atoms with van der Waals surface area (Å²) >= 11 is 5.83. The molecule has 0 aliphatic carbocycles. The highest BCUT2D eigenvalue weighted by Gasteiger charge is 2.49. The molecule has 1 aromatic rings. The van der Waals surface area contributed by atoms with Gasteiger partial charge >= 0.3 is 5.97 Å². The number of methoxy groups -OCH3 is 1. The van der Waals surface area contributed by atoms with Gasteiger partial charge in [-0.2, -0.15) is 10.5 Å². The van der Waals surface area contributed by atoms with E-state index in [2.05, 4.69) is 0 Å². The lowest BCUT2D eigenvalue weighted by molar-refractivity contribution is -0.137. The molecule has 2 rings (SSSR count). The molecule has 0 aromatic heterocycles. The highest BCUT2D eigenvalue weighted by molar-refractivity contribution is 6.30. The molecule has 0 radical (unpaired) electrons. The van der Waals surface area contributed by atoms with Crippen LogP contribution in [0.1, 0.15) is 18.6 Å². The Morgan fingerprint density at radius 1 is 1.33 bits per heavy atom. The maximum absolute atomic E-state index is 12.0. The summed E-state index contributed by atoms with van der Waals surface area (Å²) in [6, 6.07) is 10.3. The maximum Gasteiger partial charge on any atom is 0.336 e. The number of hydrogen-bond donors (Lipinski definition) is 0. The van der Waals surface area contributed by atoms with Crippen molar-refractivity contribution in [3.8, 4) is 12.1 Å². The van der Waals surface area contributed by atoms with Crippen molar-refractivity contribution < 1.29 is 14.3 Å². The Balaban J connectivity index is 2.58. The molecule has 1 aromatic carbocycles. The number of nitriles is 2. The van der Waals surface area contributed by atoms with E-state index < -0.39 is 17.7 Å². The van der Waals surface area contributed by atoms with Crippen molar-refractivity contribution in [1.82, 2.24) is 0 Å². The largest absolute Gasteiger partial charge is 0.466 e. The summed E-state index contributed by atoms with van der Waals surface area (Å²) in [6.07, 6.45) is -0.839. The number of esters is 1. The lowest BCUT2D eigenvalue weighted by atomic mass is 9.93. The Kier molecular flexibility index (Phi) is 3.99. The van der Waals surface area contributed by atoms with E-state index in [1.54, 1.807) is 24.3 Å². The fraction of sp³-hybridized carbons (Fsp3) is 0.267. The summed E-state index contributed by atoms with van der Waals surface area (Å²) in [5.74, 6) is -0.625. The Morgan fingerprint density at radius 2 is 1.90 bits per heavy atom. The first kappa shape index (κ1) is 15.1. The summed E-state index contributed by atoms with van der Waals surface area (Å²) in [5.41, 5.74) is -0.748. The molecule has 106 valence electrons. The smallest absolute Gasteiger partial charge is 0.336 e. The molecule has 6 heteroatoms. The summed E-state index contributed by atoms with van der Waals surface area (Å²) < 4.78 is 10.3. The number of carbonyl (C=O) groups excluding carboxylic acids is 1. The van der Waals surface area contributed by atoms with Gasteiger partial charge in [0, 0.05) is 10.6 Å². The fourth-order valence-corrected chi connectivity index (χ4v) is 2.32. The van der Waals surface area contributed by atoms with Gasteiger partial charge in [0.1, 0.15) is 18.2 Å². The summed E-state index contributed by atoms with van der Waals surface area (Å²) in [5, 5.41) is 19.1. The fourth-order valence-electron chi connectivity index (χ4n) is 2.20. The number of ether oxygens (including phenoxy) is 2. The van der Waals surface area contributed by atoms with E-state index in [9.17, 15) is 15.3 Å². The third kappa shape index (κ3) is 2.38. The third-order valence-electron chi connectivity index (χ3n) is 3.38. The van der Waals surface area contributed by atoms with Crippen LogP contribution < -0.4 is 0 Å². The zero-order valence-corrected chi connectivity index (χ0v) is 12.1. The first-order chi connectivity index (χ1) is 9.99. The van der Waals surface area contributed by atoms with E-state index in [1.165, 1.54) is 14.0 Å². The minimum Gasteiger partial charge on any atom is -0.466 e. The van der Waals surface area contributed by atoms with Crippen molar-refractivity contribution in [1.29, 1.82) is 10.5 Å². The van der Waals surface area contributed by atoms with Crippen LogP contribution in [0, 0.1) is 22.7 Å². The van der Waals surface area contributed by atoms with Gasteiger partial charge in [-0.25, -0.2) is 4.79 Å². The summed E-state index contributed by atoms with van der Waals surface area (Å²) in [7, 11) is 1.24. The lowest BCUT2D eigenvalue weighted by Crippen LogP contribution is -2.26. The first-order valence-electron chi connectivity index (χ1n) is 6.04. The molecule has 1 heterocycles. The highest BCUT2D eigenvalue weighted by Crippen LogP contribution is 2.44. The molecule has 0 unspecified atom stereocenters. The predicted molar refractivity (Wildman–Crippen MR) is 74.0 cm³/mol. The van der Waals surface area contributed by atoms with Crippen LogP contribution in [-0.2, 0) is 14.3 Å². The van der Waals surface area contributed by atoms with Gasteiger partial charge < -0.3 is 9.47 Å². The van der Waals surface area contributed by atoms with Crippen molar-refractivity contribution in [2.45, 2.75) is 18.6 Å². The molecular formula is C15H11ClN2O3. The average Bonchev–Trinajstić information content (AvgIpc) is 2.80. The van der Waals surface area contributed by atoms with Gasteiger partial charge in [-0.1, -0.05) is 23.7 Å². The molecule has 1 atom stereocenters.